The molecular formula is C23H28Cl2N2O3S. The predicted octanol–water partition coefficient (Wildman–Crippen LogP) is 6.64. The van der Waals surface area contributed by atoms with Crippen molar-refractivity contribution in [1.29, 1.82) is 0 Å². The van der Waals surface area contributed by atoms with Gasteiger partial charge in [-0.1, -0.05) is 42.5 Å². The summed E-state index contributed by atoms with van der Waals surface area (Å²) in [5.74, 6) is 0.643. The molecule has 0 aromatic heterocycles. The maximum Gasteiger partial charge on any atom is 0.261 e. The number of anilines is 2. The molecule has 1 aliphatic heterocycles. The molecule has 0 spiro atoms. The normalized spacial score (nSPS) is 21.9. The Morgan fingerprint density at radius 1 is 1.06 bits per heavy atom. The molecule has 0 radical (unpaired) electrons. The Bertz CT molecular complexity index is 1040. The van der Waals surface area contributed by atoms with Gasteiger partial charge in [0.1, 0.15) is 0 Å². The van der Waals surface area contributed by atoms with Crippen molar-refractivity contribution in [2.24, 2.45) is 5.92 Å². The fourth-order valence-corrected chi connectivity index (χ4v) is 6.08. The summed E-state index contributed by atoms with van der Waals surface area (Å²) in [6.45, 7) is 2.56. The van der Waals surface area contributed by atoms with Gasteiger partial charge in [-0.05, 0) is 68.5 Å². The van der Waals surface area contributed by atoms with Gasteiger partial charge in [0, 0.05) is 23.9 Å². The van der Waals surface area contributed by atoms with Gasteiger partial charge in [0.2, 0.25) is 0 Å². The Labute approximate surface area is 194 Å². The number of hydrogen-bond acceptors (Lipinski definition) is 4. The van der Waals surface area contributed by atoms with Crippen molar-refractivity contribution in [1.82, 2.24) is 0 Å². The van der Waals surface area contributed by atoms with Crippen molar-refractivity contribution >= 4 is 44.6 Å². The lowest BCUT2D eigenvalue weighted by molar-refractivity contribution is 0.0431. The number of sulfonamides is 1. The minimum Gasteiger partial charge on any atom is -0.382 e. The fraction of sp³-hybridized carbons (Fsp3) is 0.478. The Morgan fingerprint density at radius 2 is 1.84 bits per heavy atom. The molecule has 4 rings (SSSR count). The van der Waals surface area contributed by atoms with Crippen molar-refractivity contribution in [3.05, 3.63) is 52.0 Å². The topological polar surface area (TPSA) is 67.4 Å². The summed E-state index contributed by atoms with van der Waals surface area (Å²) in [6, 6.07) is 10.2. The third-order valence-corrected chi connectivity index (χ3v) is 8.37. The summed E-state index contributed by atoms with van der Waals surface area (Å²) in [4.78, 5) is 0.194. The minimum atomic E-state index is -3.78. The van der Waals surface area contributed by atoms with Crippen LogP contribution >= 0.6 is 23.2 Å². The molecule has 2 aliphatic rings. The molecular weight excluding hydrogens is 455 g/mol. The largest absolute Gasteiger partial charge is 0.382 e. The standard InChI is InChI=1S/C23H28Cl2N2O3S/c1-2-30-23-14-22(15-6-4-3-5-7-15)26-21-11-9-17(13-18(21)23)31(28,29)27-16-8-10-19(24)20(25)12-16/h8-13,15,22-23,26-27H,2-7,14H2,1H3/t22?,23-/m0/s1. The molecule has 8 heteroatoms. The summed E-state index contributed by atoms with van der Waals surface area (Å²) in [6.07, 6.45) is 7.11. The van der Waals surface area contributed by atoms with Gasteiger partial charge >= 0.3 is 0 Å². The fourth-order valence-electron chi connectivity index (χ4n) is 4.70. The average Bonchev–Trinajstić information content (AvgIpc) is 2.76. The first kappa shape index (κ1) is 22.7. The average molecular weight is 483 g/mol. The second-order valence-electron chi connectivity index (χ2n) is 8.31. The van der Waals surface area contributed by atoms with E-state index in [4.69, 9.17) is 27.9 Å². The third-order valence-electron chi connectivity index (χ3n) is 6.25. The van der Waals surface area contributed by atoms with Crippen molar-refractivity contribution in [2.45, 2.75) is 62.5 Å². The Hall–Kier alpha value is -1.47. The van der Waals surface area contributed by atoms with Gasteiger partial charge in [-0.25, -0.2) is 8.42 Å². The van der Waals surface area contributed by atoms with Crippen LogP contribution in [0.3, 0.4) is 0 Å². The first-order valence-electron chi connectivity index (χ1n) is 10.9. The van der Waals surface area contributed by atoms with E-state index >= 15 is 0 Å². The van der Waals surface area contributed by atoms with Gasteiger partial charge < -0.3 is 10.1 Å². The van der Waals surface area contributed by atoms with Crippen LogP contribution in [0.4, 0.5) is 11.4 Å². The summed E-state index contributed by atoms with van der Waals surface area (Å²) in [5, 5.41) is 4.33. The van der Waals surface area contributed by atoms with Gasteiger partial charge in [-0.2, -0.15) is 0 Å². The van der Waals surface area contributed by atoms with Crippen molar-refractivity contribution in [3.63, 3.8) is 0 Å². The number of hydrogen-bond donors (Lipinski definition) is 2. The van der Waals surface area contributed by atoms with E-state index in [-0.39, 0.29) is 11.0 Å². The van der Waals surface area contributed by atoms with E-state index in [0.717, 1.165) is 17.7 Å². The molecule has 2 aromatic carbocycles. The summed E-state index contributed by atoms with van der Waals surface area (Å²) < 4.78 is 34.7. The van der Waals surface area contributed by atoms with Crippen LogP contribution in [0, 0.1) is 5.92 Å². The molecule has 31 heavy (non-hydrogen) atoms. The van der Waals surface area contributed by atoms with E-state index < -0.39 is 10.0 Å². The molecule has 5 nitrogen and oxygen atoms in total. The molecule has 2 N–H and O–H groups in total. The van der Waals surface area contributed by atoms with Gasteiger partial charge in [0.05, 0.1) is 26.7 Å². The van der Waals surface area contributed by atoms with Crippen LogP contribution in [0.2, 0.25) is 10.0 Å². The molecule has 1 aliphatic carbocycles. The van der Waals surface area contributed by atoms with Crippen molar-refractivity contribution in [2.75, 3.05) is 16.6 Å². The highest BCUT2D eigenvalue weighted by Crippen LogP contribution is 2.41. The molecule has 0 bridgehead atoms. The lowest BCUT2D eigenvalue weighted by Crippen LogP contribution is -2.36. The number of fused-ring (bicyclic) bond motifs is 1. The highest BCUT2D eigenvalue weighted by atomic mass is 35.5. The Morgan fingerprint density at radius 3 is 2.55 bits per heavy atom. The van der Waals surface area contributed by atoms with Crippen molar-refractivity contribution in [3.8, 4) is 0 Å². The lowest BCUT2D eigenvalue weighted by Gasteiger charge is -2.39. The van der Waals surface area contributed by atoms with E-state index in [0.29, 0.717) is 34.3 Å². The van der Waals surface area contributed by atoms with Crippen LogP contribution in [-0.2, 0) is 14.8 Å². The molecule has 1 saturated carbocycles. The number of ether oxygens (including phenoxy) is 1. The first-order chi connectivity index (χ1) is 14.9. The first-order valence-corrected chi connectivity index (χ1v) is 13.1. The van der Waals surface area contributed by atoms with Crippen molar-refractivity contribution < 1.29 is 13.2 Å². The zero-order valence-corrected chi connectivity index (χ0v) is 19.9. The Kier molecular flexibility index (Phi) is 7.01. The zero-order valence-electron chi connectivity index (χ0n) is 17.5. The SMILES string of the molecule is CCO[C@H]1CC(C2CCCCC2)Nc2ccc(S(=O)(=O)Nc3ccc(Cl)c(Cl)c3)cc21. The van der Waals surface area contributed by atoms with Gasteiger partial charge in [-0.15, -0.1) is 0 Å². The molecule has 2 atom stereocenters. The maximum atomic E-state index is 13.0. The number of benzene rings is 2. The van der Waals surface area contributed by atoms with Crippen LogP contribution in [-0.4, -0.2) is 21.1 Å². The van der Waals surface area contributed by atoms with Gasteiger partial charge in [0.25, 0.3) is 10.0 Å². The minimum absolute atomic E-state index is 0.117. The van der Waals surface area contributed by atoms with Crippen LogP contribution in [0.15, 0.2) is 41.3 Å². The molecule has 168 valence electrons. The third kappa shape index (κ3) is 5.14. The van der Waals surface area contributed by atoms with E-state index in [1.807, 2.05) is 13.0 Å². The highest BCUT2D eigenvalue weighted by Gasteiger charge is 2.33. The van der Waals surface area contributed by atoms with E-state index in [9.17, 15) is 8.42 Å². The number of nitrogens with one attached hydrogen (secondary N) is 2. The number of rotatable bonds is 6. The van der Waals surface area contributed by atoms with E-state index in [2.05, 4.69) is 10.0 Å². The zero-order chi connectivity index (χ0) is 22.0. The predicted molar refractivity (Wildman–Crippen MR) is 127 cm³/mol. The van der Waals surface area contributed by atoms with Crippen LogP contribution in [0.5, 0.6) is 0 Å². The second-order valence-corrected chi connectivity index (χ2v) is 10.8. The van der Waals surface area contributed by atoms with E-state index in [1.54, 1.807) is 24.3 Å². The number of halogens is 2. The smallest absolute Gasteiger partial charge is 0.261 e. The van der Waals surface area contributed by atoms with E-state index in [1.165, 1.54) is 38.2 Å². The van der Waals surface area contributed by atoms with Crippen LogP contribution < -0.4 is 10.0 Å². The second kappa shape index (κ2) is 9.57. The Balaban J connectivity index is 1.60. The maximum absolute atomic E-state index is 13.0. The van der Waals surface area contributed by atoms with Gasteiger partial charge in [-0.3, -0.25) is 4.72 Å². The molecule has 2 aromatic rings. The molecule has 0 amide bonds. The van der Waals surface area contributed by atoms with Gasteiger partial charge in [0.15, 0.2) is 0 Å². The summed E-state index contributed by atoms with van der Waals surface area (Å²) in [5.41, 5.74) is 2.23. The molecule has 1 unspecified atom stereocenters. The quantitative estimate of drug-likeness (QED) is 0.484. The summed E-state index contributed by atoms with van der Waals surface area (Å²) in [7, 11) is -3.78. The van der Waals surface area contributed by atoms with Crippen LogP contribution in [0.1, 0.15) is 57.1 Å². The molecule has 0 saturated heterocycles. The molecule has 1 heterocycles. The summed E-state index contributed by atoms with van der Waals surface area (Å²) >= 11 is 12.0. The monoisotopic (exact) mass is 482 g/mol. The lowest BCUT2D eigenvalue weighted by atomic mass is 9.79. The van der Waals surface area contributed by atoms with Crippen LogP contribution in [0.25, 0.3) is 0 Å². The molecule has 1 fully saturated rings. The highest BCUT2D eigenvalue weighted by molar-refractivity contribution is 7.92.